The van der Waals surface area contributed by atoms with Gasteiger partial charge in [0.25, 0.3) is 5.56 Å². The van der Waals surface area contributed by atoms with Crippen LogP contribution in [0.5, 0.6) is 5.75 Å². The minimum Gasteiger partial charge on any atom is -0.482 e. The zero-order valence-electron chi connectivity index (χ0n) is 16.2. The van der Waals surface area contributed by atoms with Gasteiger partial charge in [0.05, 0.1) is 0 Å². The van der Waals surface area contributed by atoms with Crippen LogP contribution in [0.2, 0.25) is 0 Å². The number of benzene rings is 1. The maximum absolute atomic E-state index is 12.2. The van der Waals surface area contributed by atoms with Crippen molar-refractivity contribution in [3.63, 3.8) is 0 Å². The number of nitrogens with zero attached hydrogens (tertiary/aromatic N) is 1. The molecule has 9 heteroatoms. The summed E-state index contributed by atoms with van der Waals surface area (Å²) in [4.78, 5) is 49.3. The number of ketones is 1. The minimum atomic E-state index is -0.931. The number of aryl methyl sites for hydroxylation is 1. The lowest BCUT2D eigenvalue weighted by molar-refractivity contribution is -0.144. The van der Waals surface area contributed by atoms with Crippen LogP contribution in [0.1, 0.15) is 41.3 Å². The lowest BCUT2D eigenvalue weighted by Crippen LogP contribution is -2.36. The smallest absolute Gasteiger partial charge is 0.344 e. The van der Waals surface area contributed by atoms with E-state index < -0.39 is 41.8 Å². The average molecular weight is 389 g/mol. The number of carbonyl (C=O) groups is 2. The maximum Gasteiger partial charge on any atom is 0.344 e. The fraction of sp³-hybridized carbons (Fsp3) is 0.368. The highest BCUT2D eigenvalue weighted by molar-refractivity contribution is 6.01. The number of anilines is 1. The van der Waals surface area contributed by atoms with Crippen molar-refractivity contribution < 1.29 is 19.1 Å². The van der Waals surface area contributed by atoms with Crippen LogP contribution < -0.4 is 21.7 Å². The quantitative estimate of drug-likeness (QED) is 0.531. The second kappa shape index (κ2) is 8.55. The highest BCUT2D eigenvalue weighted by Gasteiger charge is 2.20. The van der Waals surface area contributed by atoms with Crippen molar-refractivity contribution >= 4 is 17.6 Å². The molecule has 0 radical (unpaired) electrons. The number of esters is 1. The molecule has 1 aromatic heterocycles. The van der Waals surface area contributed by atoms with Gasteiger partial charge in [-0.1, -0.05) is 26.0 Å². The van der Waals surface area contributed by atoms with Crippen molar-refractivity contribution in [1.29, 1.82) is 0 Å². The highest BCUT2D eigenvalue weighted by atomic mass is 16.6. The molecular formula is C19H23N3O6. The molecule has 0 atom stereocenters. The molecule has 0 aliphatic carbocycles. The summed E-state index contributed by atoms with van der Waals surface area (Å²) in [6.07, 6.45) is 0. The second-order valence-electron chi connectivity index (χ2n) is 6.65. The molecule has 1 aromatic carbocycles. The number of rotatable bonds is 7. The Balaban J connectivity index is 2.02. The first-order valence-corrected chi connectivity index (χ1v) is 8.62. The Hall–Kier alpha value is -3.36. The number of hydrogen-bond donors (Lipinski definition) is 2. The molecule has 0 saturated heterocycles. The number of carbonyl (C=O) groups excluding carboxylic acids is 2. The van der Waals surface area contributed by atoms with Gasteiger partial charge in [0.2, 0.25) is 5.78 Å². The number of ether oxygens (including phenoxy) is 2. The zero-order chi connectivity index (χ0) is 21.0. The maximum atomic E-state index is 12.2. The lowest BCUT2D eigenvalue weighted by atomic mass is 10.0. The van der Waals surface area contributed by atoms with Gasteiger partial charge in [-0.2, -0.15) is 0 Å². The largest absolute Gasteiger partial charge is 0.482 e. The number of aromatic amines is 1. The molecule has 0 amide bonds. The molecule has 0 aliphatic heterocycles. The second-order valence-corrected chi connectivity index (χ2v) is 6.65. The molecule has 0 aliphatic rings. The van der Waals surface area contributed by atoms with E-state index in [0.717, 1.165) is 15.7 Å². The Bertz CT molecular complexity index is 1020. The van der Waals surface area contributed by atoms with Gasteiger partial charge in [0, 0.05) is 7.05 Å². The molecular weight excluding hydrogens is 366 g/mol. The van der Waals surface area contributed by atoms with Crippen LogP contribution in [0, 0.1) is 6.92 Å². The molecule has 0 saturated carbocycles. The minimum absolute atomic E-state index is 0.202. The lowest BCUT2D eigenvalue weighted by Gasteiger charge is -2.14. The van der Waals surface area contributed by atoms with Gasteiger partial charge < -0.3 is 15.2 Å². The monoisotopic (exact) mass is 389 g/mol. The molecule has 0 fully saturated rings. The third kappa shape index (κ3) is 4.67. The Morgan fingerprint density at radius 2 is 1.89 bits per heavy atom. The van der Waals surface area contributed by atoms with Crippen molar-refractivity contribution in [3.05, 3.63) is 55.7 Å². The number of H-pyrrole nitrogens is 1. The fourth-order valence-electron chi connectivity index (χ4n) is 2.55. The van der Waals surface area contributed by atoms with Crippen LogP contribution in [0.3, 0.4) is 0 Å². The van der Waals surface area contributed by atoms with E-state index in [1.54, 1.807) is 0 Å². The topological polar surface area (TPSA) is 133 Å². The fourth-order valence-corrected chi connectivity index (χ4v) is 2.55. The van der Waals surface area contributed by atoms with E-state index in [1.807, 2.05) is 44.0 Å². The van der Waals surface area contributed by atoms with Crippen LogP contribution in [0.15, 0.2) is 27.8 Å². The van der Waals surface area contributed by atoms with Crippen molar-refractivity contribution in [2.75, 3.05) is 18.9 Å². The molecule has 150 valence electrons. The van der Waals surface area contributed by atoms with Crippen molar-refractivity contribution in [2.45, 2.75) is 26.7 Å². The van der Waals surface area contributed by atoms with E-state index in [-0.39, 0.29) is 11.7 Å². The Morgan fingerprint density at radius 3 is 2.54 bits per heavy atom. The Labute approximate surface area is 161 Å². The molecule has 3 N–H and O–H groups in total. The standard InChI is InChI=1S/C19H23N3O6/c1-10(2)12-6-5-11(3)7-14(12)27-9-15(24)28-8-13(23)16-17(20)22(4)19(26)21-18(16)25/h5-7,10H,8-9,20H2,1-4H3,(H,21,25,26). The first-order chi connectivity index (χ1) is 13.1. The van der Waals surface area contributed by atoms with Crippen LogP contribution in [-0.4, -0.2) is 34.5 Å². The Kier molecular flexibility index (Phi) is 6.40. The van der Waals surface area contributed by atoms with Crippen molar-refractivity contribution in [1.82, 2.24) is 9.55 Å². The van der Waals surface area contributed by atoms with Crippen LogP contribution >= 0.6 is 0 Å². The summed E-state index contributed by atoms with van der Waals surface area (Å²) in [5, 5.41) is 0. The number of nitrogen functional groups attached to an aromatic ring is 1. The third-order valence-electron chi connectivity index (χ3n) is 4.15. The van der Waals surface area contributed by atoms with E-state index in [9.17, 15) is 19.2 Å². The number of nitrogens with two attached hydrogens (primary N) is 1. The summed E-state index contributed by atoms with van der Waals surface area (Å²) in [5.41, 5.74) is 5.45. The molecule has 28 heavy (non-hydrogen) atoms. The third-order valence-corrected chi connectivity index (χ3v) is 4.15. The van der Waals surface area contributed by atoms with Gasteiger partial charge in [-0.3, -0.25) is 19.1 Å². The van der Waals surface area contributed by atoms with Crippen molar-refractivity contribution in [2.24, 2.45) is 7.05 Å². The summed E-state index contributed by atoms with van der Waals surface area (Å²) >= 11 is 0. The van der Waals surface area contributed by atoms with E-state index in [4.69, 9.17) is 15.2 Å². The average Bonchev–Trinajstić information content (AvgIpc) is 2.62. The predicted molar refractivity (Wildman–Crippen MR) is 103 cm³/mol. The van der Waals surface area contributed by atoms with Crippen molar-refractivity contribution in [3.8, 4) is 5.75 Å². The predicted octanol–water partition coefficient (Wildman–Crippen LogP) is 0.893. The normalized spacial score (nSPS) is 10.8. The summed E-state index contributed by atoms with van der Waals surface area (Å²) in [7, 11) is 1.30. The number of Topliss-reactive ketones (excluding diaryl/α,β-unsaturated/α-hetero) is 1. The van der Waals surface area contributed by atoms with Gasteiger partial charge in [-0.05, 0) is 30.0 Å². The molecule has 2 rings (SSSR count). The van der Waals surface area contributed by atoms with Gasteiger partial charge in [-0.15, -0.1) is 0 Å². The molecule has 0 bridgehead atoms. The van der Waals surface area contributed by atoms with Crippen LogP contribution in [-0.2, 0) is 16.6 Å². The van der Waals surface area contributed by atoms with Crippen LogP contribution in [0.4, 0.5) is 5.82 Å². The zero-order valence-corrected chi connectivity index (χ0v) is 16.2. The summed E-state index contributed by atoms with van der Waals surface area (Å²) in [6, 6.07) is 5.70. The first-order valence-electron chi connectivity index (χ1n) is 8.62. The number of aromatic nitrogens is 2. The van der Waals surface area contributed by atoms with E-state index in [2.05, 4.69) is 0 Å². The van der Waals surface area contributed by atoms with Gasteiger partial charge in [-0.25, -0.2) is 9.59 Å². The highest BCUT2D eigenvalue weighted by Crippen LogP contribution is 2.27. The van der Waals surface area contributed by atoms with Gasteiger partial charge in [0.15, 0.2) is 13.2 Å². The first kappa shape index (κ1) is 20.9. The van der Waals surface area contributed by atoms with E-state index >= 15 is 0 Å². The van der Waals surface area contributed by atoms with Gasteiger partial charge in [0.1, 0.15) is 17.1 Å². The number of nitrogens with one attached hydrogen (secondary N) is 1. The van der Waals surface area contributed by atoms with E-state index in [0.29, 0.717) is 5.75 Å². The molecule has 9 nitrogen and oxygen atoms in total. The molecule has 1 heterocycles. The number of hydrogen-bond acceptors (Lipinski definition) is 7. The molecule has 2 aromatic rings. The summed E-state index contributed by atoms with van der Waals surface area (Å²) < 4.78 is 11.3. The van der Waals surface area contributed by atoms with Gasteiger partial charge >= 0.3 is 11.7 Å². The SMILES string of the molecule is Cc1ccc(C(C)C)c(OCC(=O)OCC(=O)c2c(N)n(C)c(=O)[nH]c2=O)c1. The summed E-state index contributed by atoms with van der Waals surface area (Å²) in [6.45, 7) is 4.82. The molecule has 0 unspecified atom stereocenters. The molecule has 0 spiro atoms. The van der Waals surface area contributed by atoms with E-state index in [1.165, 1.54) is 7.05 Å². The van der Waals surface area contributed by atoms with Crippen LogP contribution in [0.25, 0.3) is 0 Å². The summed E-state index contributed by atoms with van der Waals surface area (Å²) in [5.74, 6) is -1.12. The Morgan fingerprint density at radius 1 is 1.21 bits per heavy atom.